The van der Waals surface area contributed by atoms with Gasteiger partial charge in [0.1, 0.15) is 0 Å². The fourth-order valence-corrected chi connectivity index (χ4v) is 2.01. The van der Waals surface area contributed by atoms with Crippen LogP contribution in [-0.4, -0.2) is 18.4 Å². The minimum absolute atomic E-state index is 0.233. The molecule has 2 rings (SSSR count). The van der Waals surface area contributed by atoms with Crippen LogP contribution in [0.1, 0.15) is 20.7 Å². The lowest BCUT2D eigenvalue weighted by Crippen LogP contribution is -2.14. The van der Waals surface area contributed by atoms with E-state index in [1.807, 2.05) is 12.1 Å². The number of hydrogen-bond donors (Lipinski definition) is 0. The summed E-state index contributed by atoms with van der Waals surface area (Å²) in [7, 11) is 0. The number of ketones is 1. The highest BCUT2D eigenvalue weighted by Crippen LogP contribution is 2.11. The van der Waals surface area contributed by atoms with Crippen molar-refractivity contribution in [1.82, 2.24) is 0 Å². The molecular weight excluding hydrogens is 391 g/mol. The molecule has 102 valence electrons. The first-order valence-corrected chi connectivity index (χ1v) is 7.23. The lowest BCUT2D eigenvalue weighted by molar-refractivity contribution is 0.0475. The van der Waals surface area contributed by atoms with E-state index in [4.69, 9.17) is 16.3 Å². The van der Waals surface area contributed by atoms with Crippen molar-refractivity contribution in [3.8, 4) is 0 Å². The second-order valence-electron chi connectivity index (χ2n) is 4.01. The number of ether oxygens (including phenoxy) is 1. The van der Waals surface area contributed by atoms with Crippen LogP contribution in [0.3, 0.4) is 0 Å². The number of carbonyl (C=O) groups is 2. The van der Waals surface area contributed by atoms with Crippen molar-refractivity contribution in [1.29, 1.82) is 0 Å². The standard InChI is InChI=1S/C15H10ClIO3/c16-12-5-1-11(2-6-12)15(19)20-9-14(18)10-3-7-13(17)8-4-10/h1-8H,9H2. The van der Waals surface area contributed by atoms with Gasteiger partial charge in [-0.3, -0.25) is 4.79 Å². The van der Waals surface area contributed by atoms with E-state index in [9.17, 15) is 9.59 Å². The molecule has 0 aliphatic carbocycles. The van der Waals surface area contributed by atoms with Crippen LogP contribution in [0.5, 0.6) is 0 Å². The Bertz CT molecular complexity index is 563. The molecule has 0 fully saturated rings. The van der Waals surface area contributed by atoms with Gasteiger partial charge in [0.25, 0.3) is 0 Å². The molecule has 5 heteroatoms. The first-order chi connectivity index (χ1) is 9.56. The van der Waals surface area contributed by atoms with Crippen molar-refractivity contribution in [2.75, 3.05) is 6.61 Å². The van der Waals surface area contributed by atoms with E-state index >= 15 is 0 Å². The van der Waals surface area contributed by atoms with E-state index in [-0.39, 0.29) is 12.4 Å². The fourth-order valence-electron chi connectivity index (χ4n) is 1.52. The van der Waals surface area contributed by atoms with Crippen molar-refractivity contribution >= 4 is 45.9 Å². The molecule has 2 aromatic carbocycles. The zero-order valence-corrected chi connectivity index (χ0v) is 13.2. The van der Waals surface area contributed by atoms with Crippen LogP contribution in [-0.2, 0) is 4.74 Å². The molecular formula is C15H10ClIO3. The van der Waals surface area contributed by atoms with Crippen LogP contribution in [0.25, 0.3) is 0 Å². The van der Waals surface area contributed by atoms with E-state index in [1.165, 1.54) is 0 Å². The molecule has 0 radical (unpaired) electrons. The Morgan fingerprint density at radius 1 is 0.950 bits per heavy atom. The Hall–Kier alpha value is -1.40. The molecule has 0 bridgehead atoms. The maximum Gasteiger partial charge on any atom is 0.338 e. The highest BCUT2D eigenvalue weighted by Gasteiger charge is 2.11. The van der Waals surface area contributed by atoms with E-state index < -0.39 is 5.97 Å². The molecule has 0 heterocycles. The number of rotatable bonds is 4. The predicted octanol–water partition coefficient (Wildman–Crippen LogP) is 3.98. The number of halogens is 2. The van der Waals surface area contributed by atoms with Crippen LogP contribution in [0.2, 0.25) is 5.02 Å². The van der Waals surface area contributed by atoms with Gasteiger partial charge in [0.2, 0.25) is 0 Å². The summed E-state index contributed by atoms with van der Waals surface area (Å²) in [5.41, 5.74) is 0.888. The zero-order chi connectivity index (χ0) is 14.5. The third-order valence-corrected chi connectivity index (χ3v) is 3.55. The van der Waals surface area contributed by atoms with Crippen molar-refractivity contribution in [2.24, 2.45) is 0 Å². The average molecular weight is 401 g/mol. The summed E-state index contributed by atoms with van der Waals surface area (Å²) in [5, 5.41) is 0.538. The molecule has 0 N–H and O–H groups in total. The molecule has 0 unspecified atom stereocenters. The molecule has 0 atom stereocenters. The van der Waals surface area contributed by atoms with Crippen LogP contribution in [0.15, 0.2) is 48.5 Å². The van der Waals surface area contributed by atoms with Crippen molar-refractivity contribution < 1.29 is 14.3 Å². The highest BCUT2D eigenvalue weighted by molar-refractivity contribution is 14.1. The summed E-state index contributed by atoms with van der Waals surface area (Å²) in [6.07, 6.45) is 0. The molecule has 0 aliphatic heterocycles. The van der Waals surface area contributed by atoms with E-state index in [0.717, 1.165) is 3.57 Å². The molecule has 2 aromatic rings. The molecule has 20 heavy (non-hydrogen) atoms. The maximum absolute atomic E-state index is 11.8. The van der Waals surface area contributed by atoms with Gasteiger partial charge >= 0.3 is 5.97 Å². The average Bonchev–Trinajstić information content (AvgIpc) is 2.46. The van der Waals surface area contributed by atoms with Crippen LogP contribution in [0, 0.1) is 3.57 Å². The Labute approximate surface area is 135 Å². The Balaban J connectivity index is 1.94. The SMILES string of the molecule is O=C(COC(=O)c1ccc(Cl)cc1)c1ccc(I)cc1. The lowest BCUT2D eigenvalue weighted by Gasteiger charge is -2.04. The zero-order valence-electron chi connectivity index (χ0n) is 10.3. The molecule has 0 saturated heterocycles. The fraction of sp³-hybridized carbons (Fsp3) is 0.0667. The summed E-state index contributed by atoms with van der Waals surface area (Å²) in [6, 6.07) is 13.4. The van der Waals surface area contributed by atoms with Crippen molar-refractivity contribution in [3.63, 3.8) is 0 Å². The number of carbonyl (C=O) groups excluding carboxylic acids is 2. The molecule has 0 amide bonds. The third kappa shape index (κ3) is 4.05. The van der Waals surface area contributed by atoms with Gasteiger partial charge in [-0.05, 0) is 59.0 Å². The van der Waals surface area contributed by atoms with Crippen molar-refractivity contribution in [3.05, 3.63) is 68.3 Å². The van der Waals surface area contributed by atoms with E-state index in [1.54, 1.807) is 36.4 Å². The Morgan fingerprint density at radius 2 is 1.50 bits per heavy atom. The van der Waals surface area contributed by atoms with Gasteiger partial charge in [-0.25, -0.2) is 4.79 Å². The number of esters is 1. The van der Waals surface area contributed by atoms with Gasteiger partial charge in [-0.15, -0.1) is 0 Å². The summed E-state index contributed by atoms with van der Waals surface area (Å²) < 4.78 is 6.02. The van der Waals surface area contributed by atoms with Gasteiger partial charge in [0.05, 0.1) is 5.56 Å². The maximum atomic E-state index is 11.8. The summed E-state index contributed by atoms with van der Waals surface area (Å²) >= 11 is 7.88. The lowest BCUT2D eigenvalue weighted by atomic mass is 10.1. The minimum atomic E-state index is -0.541. The molecule has 0 aliphatic rings. The second kappa shape index (κ2) is 6.85. The monoisotopic (exact) mass is 400 g/mol. The van der Waals surface area contributed by atoms with Crippen LogP contribution >= 0.6 is 34.2 Å². The smallest absolute Gasteiger partial charge is 0.338 e. The predicted molar refractivity (Wildman–Crippen MR) is 85.2 cm³/mol. The van der Waals surface area contributed by atoms with Gasteiger partial charge in [-0.2, -0.15) is 0 Å². The highest BCUT2D eigenvalue weighted by atomic mass is 127. The Morgan fingerprint density at radius 3 is 2.10 bits per heavy atom. The summed E-state index contributed by atoms with van der Waals surface area (Å²) in [6.45, 7) is -0.276. The number of hydrogen-bond acceptors (Lipinski definition) is 3. The number of Topliss-reactive ketones (excluding diaryl/α,β-unsaturated/α-hetero) is 1. The van der Waals surface area contributed by atoms with Gasteiger partial charge in [0, 0.05) is 14.2 Å². The summed E-state index contributed by atoms with van der Waals surface area (Å²) in [5.74, 6) is -0.774. The third-order valence-electron chi connectivity index (χ3n) is 2.58. The van der Waals surface area contributed by atoms with Crippen molar-refractivity contribution in [2.45, 2.75) is 0 Å². The van der Waals surface area contributed by atoms with Gasteiger partial charge in [-0.1, -0.05) is 23.7 Å². The molecule has 0 aromatic heterocycles. The minimum Gasteiger partial charge on any atom is -0.454 e. The second-order valence-corrected chi connectivity index (χ2v) is 5.70. The van der Waals surface area contributed by atoms with E-state index in [2.05, 4.69) is 22.6 Å². The van der Waals surface area contributed by atoms with Gasteiger partial charge < -0.3 is 4.74 Å². The molecule has 3 nitrogen and oxygen atoms in total. The first kappa shape index (κ1) is 15.0. The summed E-state index contributed by atoms with van der Waals surface area (Å²) in [4.78, 5) is 23.6. The van der Waals surface area contributed by atoms with E-state index in [0.29, 0.717) is 16.1 Å². The topological polar surface area (TPSA) is 43.4 Å². The van der Waals surface area contributed by atoms with Gasteiger partial charge in [0.15, 0.2) is 12.4 Å². The molecule has 0 spiro atoms. The largest absolute Gasteiger partial charge is 0.454 e. The quantitative estimate of drug-likeness (QED) is 0.443. The van der Waals surface area contributed by atoms with Crippen LogP contribution in [0.4, 0.5) is 0 Å². The Kier molecular flexibility index (Phi) is 5.14. The molecule has 0 saturated carbocycles. The first-order valence-electron chi connectivity index (χ1n) is 5.78. The number of benzene rings is 2. The van der Waals surface area contributed by atoms with Crippen LogP contribution < -0.4 is 0 Å². The normalized spacial score (nSPS) is 10.1.